The molecule has 0 aromatic heterocycles. The molecule has 1 heterocycles. The van der Waals surface area contributed by atoms with E-state index in [9.17, 15) is 18.5 Å². The fourth-order valence-electron chi connectivity index (χ4n) is 2.63. The van der Waals surface area contributed by atoms with Gasteiger partial charge in [-0.15, -0.1) is 0 Å². The van der Waals surface area contributed by atoms with Crippen molar-refractivity contribution in [2.24, 2.45) is 5.73 Å². The average Bonchev–Trinajstić information content (AvgIpc) is 2.38. The van der Waals surface area contributed by atoms with E-state index in [1.807, 2.05) is 0 Å². The molecule has 2 N–H and O–H groups in total. The highest BCUT2D eigenvalue weighted by Crippen LogP contribution is 2.28. The molecule has 2 unspecified atom stereocenters. The van der Waals surface area contributed by atoms with Gasteiger partial charge in [-0.05, 0) is 32.8 Å². The van der Waals surface area contributed by atoms with E-state index >= 15 is 0 Å². The molecule has 1 aliphatic rings. The molecule has 0 aliphatic carbocycles. The zero-order valence-corrected chi connectivity index (χ0v) is 12.8. The van der Waals surface area contributed by atoms with E-state index in [0.29, 0.717) is 24.9 Å². The van der Waals surface area contributed by atoms with Crippen LogP contribution in [0, 0.1) is 17.0 Å². The van der Waals surface area contributed by atoms with Crippen molar-refractivity contribution in [3.8, 4) is 0 Å². The number of sulfonamides is 1. The second-order valence-corrected chi connectivity index (χ2v) is 7.35. The van der Waals surface area contributed by atoms with Gasteiger partial charge in [0.25, 0.3) is 5.69 Å². The standard InChI is InChI=1S/C13H19N3O4S/c1-9-3-4-12(8-13(9)16(17)18)21(19,20)15-6-5-11(14)7-10(15)2/h3-4,8,10-11H,5-7,14H2,1-2H3. The Labute approximate surface area is 123 Å². The lowest BCUT2D eigenvalue weighted by Crippen LogP contribution is -2.48. The van der Waals surface area contributed by atoms with Gasteiger partial charge in [0.15, 0.2) is 0 Å². The molecule has 0 bridgehead atoms. The maximum Gasteiger partial charge on any atom is 0.273 e. The van der Waals surface area contributed by atoms with Gasteiger partial charge in [-0.3, -0.25) is 10.1 Å². The van der Waals surface area contributed by atoms with E-state index < -0.39 is 14.9 Å². The lowest BCUT2D eigenvalue weighted by atomic mass is 10.0. The Bertz CT molecular complexity index is 659. The first-order valence-electron chi connectivity index (χ1n) is 6.76. The minimum Gasteiger partial charge on any atom is -0.328 e. The number of nitrogens with two attached hydrogens (primary N) is 1. The molecular formula is C13H19N3O4S. The van der Waals surface area contributed by atoms with Crippen molar-refractivity contribution < 1.29 is 13.3 Å². The first-order chi connectivity index (χ1) is 9.73. The van der Waals surface area contributed by atoms with E-state index in [4.69, 9.17) is 5.73 Å². The normalized spacial score (nSPS) is 24.0. The largest absolute Gasteiger partial charge is 0.328 e. The van der Waals surface area contributed by atoms with Crippen molar-refractivity contribution in [2.45, 2.75) is 43.7 Å². The van der Waals surface area contributed by atoms with Crippen molar-refractivity contribution in [3.05, 3.63) is 33.9 Å². The average molecular weight is 313 g/mol. The maximum absolute atomic E-state index is 12.7. The lowest BCUT2D eigenvalue weighted by molar-refractivity contribution is -0.385. The van der Waals surface area contributed by atoms with Crippen LogP contribution in [0.1, 0.15) is 25.3 Å². The Morgan fingerprint density at radius 1 is 1.43 bits per heavy atom. The van der Waals surface area contributed by atoms with Gasteiger partial charge in [0.1, 0.15) is 0 Å². The summed E-state index contributed by atoms with van der Waals surface area (Å²) in [4.78, 5) is 10.4. The van der Waals surface area contributed by atoms with Crippen molar-refractivity contribution in [2.75, 3.05) is 6.54 Å². The Hall–Kier alpha value is -1.51. The number of rotatable bonds is 3. The summed E-state index contributed by atoms with van der Waals surface area (Å²) in [7, 11) is -3.73. The summed E-state index contributed by atoms with van der Waals surface area (Å²) < 4.78 is 26.7. The van der Waals surface area contributed by atoms with Crippen molar-refractivity contribution in [3.63, 3.8) is 0 Å². The molecule has 1 saturated heterocycles. The van der Waals surface area contributed by atoms with Crippen LogP contribution in [0.25, 0.3) is 0 Å². The molecule has 8 heteroatoms. The predicted octanol–water partition coefficient (Wildman–Crippen LogP) is 1.40. The fourth-order valence-corrected chi connectivity index (χ4v) is 4.30. The molecule has 2 atom stereocenters. The number of nitro groups is 1. The fraction of sp³-hybridized carbons (Fsp3) is 0.538. The van der Waals surface area contributed by atoms with E-state index in [0.717, 1.165) is 6.07 Å². The monoisotopic (exact) mass is 313 g/mol. The van der Waals surface area contributed by atoms with Gasteiger partial charge in [-0.1, -0.05) is 6.07 Å². The van der Waals surface area contributed by atoms with E-state index in [2.05, 4.69) is 0 Å². The summed E-state index contributed by atoms with van der Waals surface area (Å²) in [5.41, 5.74) is 6.10. The zero-order valence-electron chi connectivity index (χ0n) is 12.0. The van der Waals surface area contributed by atoms with Crippen LogP contribution in [0.15, 0.2) is 23.1 Å². The predicted molar refractivity (Wildman–Crippen MR) is 78.4 cm³/mol. The molecule has 1 aromatic carbocycles. The molecule has 1 aliphatic heterocycles. The Morgan fingerprint density at radius 3 is 2.67 bits per heavy atom. The van der Waals surface area contributed by atoms with Crippen LogP contribution in [-0.4, -0.2) is 36.3 Å². The number of piperidine rings is 1. The second-order valence-electron chi connectivity index (χ2n) is 5.45. The third-order valence-electron chi connectivity index (χ3n) is 3.84. The molecule has 116 valence electrons. The van der Waals surface area contributed by atoms with Crippen LogP contribution in [0.3, 0.4) is 0 Å². The lowest BCUT2D eigenvalue weighted by Gasteiger charge is -2.35. The topological polar surface area (TPSA) is 107 Å². The third kappa shape index (κ3) is 3.07. The summed E-state index contributed by atoms with van der Waals surface area (Å²) in [5.74, 6) is 0. The number of benzene rings is 1. The number of hydrogen-bond acceptors (Lipinski definition) is 5. The summed E-state index contributed by atoms with van der Waals surface area (Å²) in [6, 6.07) is 3.80. The minimum atomic E-state index is -3.73. The van der Waals surface area contributed by atoms with Crippen LogP contribution in [-0.2, 0) is 10.0 Å². The zero-order chi connectivity index (χ0) is 15.8. The highest BCUT2D eigenvalue weighted by Gasteiger charge is 2.34. The van der Waals surface area contributed by atoms with Crippen molar-refractivity contribution in [1.82, 2.24) is 4.31 Å². The maximum atomic E-state index is 12.7. The van der Waals surface area contributed by atoms with E-state index in [-0.39, 0.29) is 22.7 Å². The number of hydrogen-bond donors (Lipinski definition) is 1. The number of aryl methyl sites for hydroxylation is 1. The highest BCUT2D eigenvalue weighted by atomic mass is 32.2. The van der Waals surface area contributed by atoms with Gasteiger partial charge in [-0.25, -0.2) is 8.42 Å². The summed E-state index contributed by atoms with van der Waals surface area (Å²) in [6.07, 6.45) is 1.19. The first-order valence-corrected chi connectivity index (χ1v) is 8.20. The van der Waals surface area contributed by atoms with Gasteiger partial charge in [-0.2, -0.15) is 4.31 Å². The molecule has 0 radical (unpaired) electrons. The van der Waals surface area contributed by atoms with E-state index in [1.165, 1.54) is 16.4 Å². The van der Waals surface area contributed by atoms with Gasteiger partial charge < -0.3 is 5.73 Å². The minimum absolute atomic E-state index is 0.00111. The first kappa shape index (κ1) is 15.9. The summed E-state index contributed by atoms with van der Waals surface area (Å²) in [6.45, 7) is 3.72. The van der Waals surface area contributed by atoms with Crippen LogP contribution in [0.5, 0.6) is 0 Å². The SMILES string of the molecule is Cc1ccc(S(=O)(=O)N2CCC(N)CC2C)cc1[N+](=O)[O-]. The molecule has 2 rings (SSSR count). The Kier molecular flexibility index (Phi) is 4.31. The van der Waals surface area contributed by atoms with Crippen LogP contribution in [0.2, 0.25) is 0 Å². The van der Waals surface area contributed by atoms with Crippen LogP contribution < -0.4 is 5.73 Å². The number of nitro benzene ring substituents is 1. The van der Waals surface area contributed by atoms with Gasteiger partial charge in [0.05, 0.1) is 9.82 Å². The summed E-state index contributed by atoms with van der Waals surface area (Å²) >= 11 is 0. The van der Waals surface area contributed by atoms with E-state index in [1.54, 1.807) is 13.8 Å². The molecule has 7 nitrogen and oxygen atoms in total. The quantitative estimate of drug-likeness (QED) is 0.670. The molecular weight excluding hydrogens is 294 g/mol. The van der Waals surface area contributed by atoms with Crippen molar-refractivity contribution >= 4 is 15.7 Å². The number of nitrogens with zero attached hydrogens (tertiary/aromatic N) is 2. The molecule has 0 amide bonds. The third-order valence-corrected chi connectivity index (χ3v) is 5.85. The van der Waals surface area contributed by atoms with Crippen molar-refractivity contribution in [1.29, 1.82) is 0 Å². The molecule has 1 fully saturated rings. The van der Waals surface area contributed by atoms with Gasteiger partial charge in [0, 0.05) is 30.3 Å². The molecule has 1 aromatic rings. The smallest absolute Gasteiger partial charge is 0.273 e. The Balaban J connectivity index is 2.40. The van der Waals surface area contributed by atoms with Crippen LogP contribution in [0.4, 0.5) is 5.69 Å². The molecule has 0 saturated carbocycles. The van der Waals surface area contributed by atoms with Crippen LogP contribution >= 0.6 is 0 Å². The van der Waals surface area contributed by atoms with Gasteiger partial charge >= 0.3 is 0 Å². The second kappa shape index (κ2) is 5.70. The summed E-state index contributed by atoms with van der Waals surface area (Å²) in [5, 5.41) is 11.0. The van der Waals surface area contributed by atoms with Gasteiger partial charge in [0.2, 0.25) is 10.0 Å². The molecule has 0 spiro atoms. The molecule has 21 heavy (non-hydrogen) atoms. The highest BCUT2D eigenvalue weighted by molar-refractivity contribution is 7.89. The Morgan fingerprint density at radius 2 is 2.10 bits per heavy atom.